The van der Waals surface area contributed by atoms with Crippen LogP contribution in [0.3, 0.4) is 0 Å². The molecule has 2 rings (SSSR count). The predicted octanol–water partition coefficient (Wildman–Crippen LogP) is 6.26. The van der Waals surface area contributed by atoms with Gasteiger partial charge in [0.15, 0.2) is 0 Å². The number of hydrogen-bond donors (Lipinski definition) is 0. The van der Waals surface area contributed by atoms with Crippen LogP contribution >= 0.6 is 0 Å². The summed E-state index contributed by atoms with van der Waals surface area (Å²) >= 11 is 0. The van der Waals surface area contributed by atoms with E-state index in [1.165, 1.54) is 22.3 Å². The normalized spacial score (nSPS) is 21.0. The van der Waals surface area contributed by atoms with Crippen molar-refractivity contribution in [3.63, 3.8) is 0 Å². The first-order chi connectivity index (χ1) is 10.5. The number of allylic oxidation sites excluding steroid dienone is 5. The maximum atomic E-state index is 4.78. The SMILES string of the molecule is C=C/C1=C(C=C)/C(C(C)C)=C(/C(C)C)c2ccccc2C[N-]1.[V]. The molecule has 1 aliphatic rings. The third-order valence-corrected chi connectivity index (χ3v) is 4.14. The zero-order valence-electron chi connectivity index (χ0n) is 14.6. The minimum absolute atomic E-state index is 0. The Morgan fingerprint density at radius 2 is 1.57 bits per heavy atom. The fourth-order valence-electron chi connectivity index (χ4n) is 3.24. The van der Waals surface area contributed by atoms with E-state index in [1.54, 1.807) is 0 Å². The van der Waals surface area contributed by atoms with Crippen LogP contribution in [0, 0.1) is 11.8 Å². The minimum atomic E-state index is 0. The molecule has 1 nitrogen and oxygen atoms in total. The maximum Gasteiger partial charge on any atom is 0 e. The number of rotatable bonds is 4. The van der Waals surface area contributed by atoms with E-state index in [1.807, 2.05) is 12.2 Å². The van der Waals surface area contributed by atoms with Gasteiger partial charge in [-0.2, -0.15) is 0 Å². The first kappa shape index (κ1) is 19.6. The van der Waals surface area contributed by atoms with E-state index in [0.29, 0.717) is 18.4 Å². The molecule has 0 unspecified atom stereocenters. The molecule has 0 N–H and O–H groups in total. The Labute approximate surface area is 153 Å². The zero-order valence-corrected chi connectivity index (χ0v) is 16.0. The number of fused-ring (bicyclic) bond motifs is 1. The van der Waals surface area contributed by atoms with E-state index in [-0.39, 0.29) is 18.6 Å². The summed E-state index contributed by atoms with van der Waals surface area (Å²) in [6, 6.07) is 8.61. The molecule has 0 aliphatic carbocycles. The van der Waals surface area contributed by atoms with Crippen molar-refractivity contribution in [1.29, 1.82) is 0 Å². The first-order valence-electron chi connectivity index (χ1n) is 8.00. The molecule has 0 aromatic heterocycles. The summed E-state index contributed by atoms with van der Waals surface area (Å²) < 4.78 is 0. The Morgan fingerprint density at radius 3 is 2.09 bits per heavy atom. The third-order valence-electron chi connectivity index (χ3n) is 4.14. The van der Waals surface area contributed by atoms with Gasteiger partial charge in [-0.1, -0.05) is 76.3 Å². The summed E-state index contributed by atoms with van der Waals surface area (Å²) in [6.45, 7) is 17.7. The molecule has 1 aromatic carbocycles. The van der Waals surface area contributed by atoms with Crippen molar-refractivity contribution in [3.05, 3.63) is 82.9 Å². The van der Waals surface area contributed by atoms with E-state index in [0.717, 1.165) is 11.3 Å². The fraction of sp³-hybridized carbons (Fsp3) is 0.333. The molecule has 1 heterocycles. The molecule has 2 heteroatoms. The van der Waals surface area contributed by atoms with Gasteiger partial charge in [0.25, 0.3) is 0 Å². The Balaban J connectivity index is 0.00000264. The van der Waals surface area contributed by atoms with Gasteiger partial charge in [0.05, 0.1) is 0 Å². The molecular weight excluding hydrogens is 317 g/mol. The van der Waals surface area contributed by atoms with Crippen molar-refractivity contribution in [2.45, 2.75) is 34.2 Å². The van der Waals surface area contributed by atoms with Gasteiger partial charge in [-0.15, -0.1) is 18.8 Å². The average Bonchev–Trinajstić information content (AvgIpc) is 2.47. The minimum Gasteiger partial charge on any atom is -0.680 e. The molecule has 121 valence electrons. The van der Waals surface area contributed by atoms with Gasteiger partial charge in [0, 0.05) is 18.6 Å². The first-order valence-corrected chi connectivity index (χ1v) is 8.00. The van der Waals surface area contributed by atoms with Crippen LogP contribution in [0.4, 0.5) is 0 Å². The summed E-state index contributed by atoms with van der Waals surface area (Å²) in [5.41, 5.74) is 7.44. The van der Waals surface area contributed by atoms with E-state index < -0.39 is 0 Å². The molecule has 0 amide bonds. The molecule has 23 heavy (non-hydrogen) atoms. The third kappa shape index (κ3) is 3.91. The average molecular weight is 343 g/mol. The van der Waals surface area contributed by atoms with Crippen molar-refractivity contribution in [3.8, 4) is 0 Å². The molecule has 0 fully saturated rings. The number of nitrogens with zero attached hydrogens (tertiary/aromatic N) is 1. The molecule has 0 saturated carbocycles. The topological polar surface area (TPSA) is 14.1 Å². The van der Waals surface area contributed by atoms with Gasteiger partial charge in [0.2, 0.25) is 0 Å². The molecular formula is C21H26NV-. The molecule has 1 aliphatic heterocycles. The van der Waals surface area contributed by atoms with Crippen LogP contribution in [0.25, 0.3) is 10.9 Å². The van der Waals surface area contributed by atoms with Crippen LogP contribution in [0.1, 0.15) is 38.8 Å². The monoisotopic (exact) mass is 343 g/mol. The predicted molar refractivity (Wildman–Crippen MR) is 97.5 cm³/mol. The van der Waals surface area contributed by atoms with Crippen LogP contribution in [-0.4, -0.2) is 0 Å². The summed E-state index contributed by atoms with van der Waals surface area (Å²) in [5, 5.41) is 4.78. The van der Waals surface area contributed by atoms with Crippen LogP contribution in [0.5, 0.6) is 0 Å². The van der Waals surface area contributed by atoms with Crippen LogP contribution in [0.2, 0.25) is 0 Å². The van der Waals surface area contributed by atoms with Crippen molar-refractivity contribution in [2.75, 3.05) is 0 Å². The largest absolute Gasteiger partial charge is 0.680 e. The van der Waals surface area contributed by atoms with Crippen molar-refractivity contribution in [1.82, 2.24) is 0 Å². The second-order valence-corrected chi connectivity index (χ2v) is 6.32. The molecule has 0 bridgehead atoms. The van der Waals surface area contributed by atoms with Crippen molar-refractivity contribution < 1.29 is 18.6 Å². The molecule has 1 aromatic rings. The van der Waals surface area contributed by atoms with Crippen molar-refractivity contribution in [2.24, 2.45) is 11.8 Å². The van der Waals surface area contributed by atoms with Gasteiger partial charge in [-0.3, -0.25) is 0 Å². The van der Waals surface area contributed by atoms with Crippen LogP contribution < -0.4 is 0 Å². The summed E-state index contributed by atoms with van der Waals surface area (Å²) in [5.74, 6) is 0.847. The van der Waals surface area contributed by atoms with E-state index in [2.05, 4.69) is 65.1 Å². The Morgan fingerprint density at radius 1 is 0.957 bits per heavy atom. The number of benzene rings is 1. The second kappa shape index (κ2) is 8.43. The van der Waals surface area contributed by atoms with Crippen LogP contribution in [0.15, 0.2) is 66.4 Å². The standard InChI is InChI=1S/C21H26N.V/c1-7-17-19(8-2)22-13-16-11-9-10-12-18(16)21(15(5)6)20(17)14(3)4;/h7-12,14-15H,1-2,13H2,3-6H3;/q-1;/b19-17-,21-20-;. The molecule has 0 saturated heterocycles. The van der Waals surface area contributed by atoms with E-state index in [9.17, 15) is 0 Å². The Kier molecular flexibility index (Phi) is 7.18. The fourth-order valence-corrected chi connectivity index (χ4v) is 3.24. The Bertz CT molecular complexity index is 648. The van der Waals surface area contributed by atoms with E-state index in [4.69, 9.17) is 5.32 Å². The van der Waals surface area contributed by atoms with Gasteiger partial charge >= 0.3 is 0 Å². The smallest absolute Gasteiger partial charge is 0 e. The number of hydrogen-bond acceptors (Lipinski definition) is 0. The zero-order chi connectivity index (χ0) is 16.3. The summed E-state index contributed by atoms with van der Waals surface area (Å²) in [7, 11) is 0. The van der Waals surface area contributed by atoms with Gasteiger partial charge in [-0.05, 0) is 34.1 Å². The molecule has 0 atom stereocenters. The summed E-state index contributed by atoms with van der Waals surface area (Å²) in [4.78, 5) is 0. The maximum absolute atomic E-state index is 4.78. The summed E-state index contributed by atoms with van der Waals surface area (Å²) in [6.07, 6.45) is 3.79. The van der Waals surface area contributed by atoms with Crippen molar-refractivity contribution >= 4 is 5.57 Å². The van der Waals surface area contributed by atoms with Gasteiger partial charge in [0.1, 0.15) is 0 Å². The molecule has 1 radical (unpaired) electrons. The van der Waals surface area contributed by atoms with Gasteiger partial charge < -0.3 is 5.32 Å². The van der Waals surface area contributed by atoms with Gasteiger partial charge in [-0.25, -0.2) is 0 Å². The molecule has 0 spiro atoms. The second-order valence-electron chi connectivity index (χ2n) is 6.32. The van der Waals surface area contributed by atoms with Crippen LogP contribution in [-0.2, 0) is 25.1 Å². The van der Waals surface area contributed by atoms with E-state index >= 15 is 0 Å². The Hall–Kier alpha value is -1.44. The quantitative estimate of drug-likeness (QED) is 0.612.